The Morgan fingerprint density at radius 3 is 2.55 bits per heavy atom. The van der Waals surface area contributed by atoms with Gasteiger partial charge in [0.05, 0.1) is 18.7 Å². The van der Waals surface area contributed by atoms with Crippen LogP contribution in [0, 0.1) is 5.92 Å². The van der Waals surface area contributed by atoms with E-state index < -0.39 is 0 Å². The molecule has 1 aliphatic rings. The molecule has 29 heavy (non-hydrogen) atoms. The monoisotopic (exact) mass is 389 g/mol. The Labute approximate surface area is 169 Å². The van der Waals surface area contributed by atoms with Gasteiger partial charge in [-0.15, -0.1) is 10.2 Å². The Bertz CT molecular complexity index is 945. The van der Waals surface area contributed by atoms with E-state index in [9.17, 15) is 4.79 Å². The van der Waals surface area contributed by atoms with Crippen LogP contribution < -0.4 is 15.0 Å². The molecule has 0 spiro atoms. The van der Waals surface area contributed by atoms with Crippen LogP contribution in [0.4, 0.5) is 11.5 Å². The fraction of sp³-hybridized carbons (Fsp3) is 0.273. The number of aromatic nitrogens is 3. The maximum atomic E-state index is 12.7. The number of methoxy groups -OCH3 is 1. The summed E-state index contributed by atoms with van der Waals surface area (Å²) in [7, 11) is 1.62. The first-order valence-corrected chi connectivity index (χ1v) is 9.67. The average Bonchev–Trinajstić information content (AvgIpc) is 2.80. The summed E-state index contributed by atoms with van der Waals surface area (Å²) in [5.74, 6) is 1.50. The van der Waals surface area contributed by atoms with Crippen molar-refractivity contribution in [1.82, 2.24) is 15.2 Å². The van der Waals surface area contributed by atoms with Gasteiger partial charge in [-0.25, -0.2) is 0 Å². The molecule has 2 aromatic heterocycles. The zero-order valence-electron chi connectivity index (χ0n) is 16.3. The van der Waals surface area contributed by atoms with Crippen LogP contribution in [0.5, 0.6) is 5.75 Å². The van der Waals surface area contributed by atoms with Crippen molar-refractivity contribution >= 4 is 17.4 Å². The molecule has 1 saturated heterocycles. The van der Waals surface area contributed by atoms with Crippen molar-refractivity contribution in [3.05, 3.63) is 60.9 Å². The first-order chi connectivity index (χ1) is 14.2. The van der Waals surface area contributed by atoms with E-state index >= 15 is 0 Å². The summed E-state index contributed by atoms with van der Waals surface area (Å²) >= 11 is 0. The van der Waals surface area contributed by atoms with Gasteiger partial charge in [0, 0.05) is 36.7 Å². The summed E-state index contributed by atoms with van der Waals surface area (Å²) in [5, 5.41) is 11.7. The van der Waals surface area contributed by atoms with E-state index in [0.717, 1.165) is 47.9 Å². The standard InChI is InChI=1S/C22H23N5O2/c1-29-19-6-4-18(5-7-19)24-22(28)17-3-2-14-27(15-17)21-9-8-20(25-26-21)16-10-12-23-13-11-16/h4-13,17H,2-3,14-15H2,1H3,(H,24,28). The number of anilines is 2. The van der Waals surface area contributed by atoms with Crippen LogP contribution >= 0.6 is 0 Å². The molecule has 1 amide bonds. The van der Waals surface area contributed by atoms with Crippen LogP contribution in [0.1, 0.15) is 12.8 Å². The van der Waals surface area contributed by atoms with E-state index in [4.69, 9.17) is 4.74 Å². The first-order valence-electron chi connectivity index (χ1n) is 9.67. The molecule has 7 heteroatoms. The molecule has 148 valence electrons. The molecular weight excluding hydrogens is 366 g/mol. The maximum Gasteiger partial charge on any atom is 0.229 e. The molecular formula is C22H23N5O2. The number of piperidine rings is 1. The number of hydrogen-bond donors (Lipinski definition) is 1. The van der Waals surface area contributed by atoms with Gasteiger partial charge in [0.1, 0.15) is 5.75 Å². The summed E-state index contributed by atoms with van der Waals surface area (Å²) in [6.07, 6.45) is 5.28. The second-order valence-electron chi connectivity index (χ2n) is 7.02. The second-order valence-corrected chi connectivity index (χ2v) is 7.02. The minimum absolute atomic E-state index is 0.0289. The minimum atomic E-state index is -0.0903. The van der Waals surface area contributed by atoms with Gasteiger partial charge in [-0.2, -0.15) is 0 Å². The third-order valence-electron chi connectivity index (χ3n) is 5.10. The summed E-state index contributed by atoms with van der Waals surface area (Å²) in [6.45, 7) is 1.50. The lowest BCUT2D eigenvalue weighted by Crippen LogP contribution is -2.41. The third-order valence-corrected chi connectivity index (χ3v) is 5.10. The van der Waals surface area contributed by atoms with Crippen LogP contribution in [0.3, 0.4) is 0 Å². The number of rotatable bonds is 5. The zero-order chi connectivity index (χ0) is 20.1. The van der Waals surface area contributed by atoms with Gasteiger partial charge >= 0.3 is 0 Å². The van der Waals surface area contributed by atoms with Crippen molar-refractivity contribution < 1.29 is 9.53 Å². The summed E-state index contributed by atoms with van der Waals surface area (Å²) in [5.41, 5.74) is 2.56. The normalized spacial score (nSPS) is 16.3. The summed E-state index contributed by atoms with van der Waals surface area (Å²) in [6, 6.07) is 15.1. The molecule has 0 bridgehead atoms. The molecule has 4 rings (SSSR count). The van der Waals surface area contributed by atoms with Crippen LogP contribution in [0.25, 0.3) is 11.3 Å². The van der Waals surface area contributed by atoms with Crippen molar-refractivity contribution in [3.63, 3.8) is 0 Å². The van der Waals surface area contributed by atoms with Crippen LogP contribution in [-0.2, 0) is 4.79 Å². The SMILES string of the molecule is COc1ccc(NC(=O)C2CCCN(c3ccc(-c4ccncc4)nn3)C2)cc1. The lowest BCUT2D eigenvalue weighted by Gasteiger charge is -2.32. The largest absolute Gasteiger partial charge is 0.497 e. The molecule has 1 aliphatic heterocycles. The van der Waals surface area contributed by atoms with E-state index in [1.54, 1.807) is 19.5 Å². The van der Waals surface area contributed by atoms with E-state index in [1.807, 2.05) is 48.5 Å². The molecule has 1 fully saturated rings. The Morgan fingerprint density at radius 2 is 1.86 bits per heavy atom. The van der Waals surface area contributed by atoms with Crippen molar-refractivity contribution in [3.8, 4) is 17.0 Å². The summed E-state index contributed by atoms with van der Waals surface area (Å²) < 4.78 is 5.15. The topological polar surface area (TPSA) is 80.2 Å². The highest BCUT2D eigenvalue weighted by molar-refractivity contribution is 5.93. The highest BCUT2D eigenvalue weighted by atomic mass is 16.5. The van der Waals surface area contributed by atoms with Crippen LogP contribution in [-0.4, -0.2) is 41.3 Å². The zero-order valence-corrected chi connectivity index (χ0v) is 16.3. The van der Waals surface area contributed by atoms with Gasteiger partial charge in [-0.05, 0) is 61.4 Å². The Balaban J connectivity index is 1.40. The Kier molecular flexibility index (Phi) is 5.65. The predicted octanol–water partition coefficient (Wildman–Crippen LogP) is 3.40. The molecule has 0 radical (unpaired) electrons. The van der Waals surface area contributed by atoms with Crippen LogP contribution in [0.15, 0.2) is 60.9 Å². The number of hydrogen-bond acceptors (Lipinski definition) is 6. The fourth-order valence-corrected chi connectivity index (χ4v) is 3.49. The number of nitrogens with zero attached hydrogens (tertiary/aromatic N) is 4. The number of ether oxygens (including phenoxy) is 1. The minimum Gasteiger partial charge on any atom is -0.497 e. The number of benzene rings is 1. The highest BCUT2D eigenvalue weighted by Crippen LogP contribution is 2.24. The molecule has 3 heterocycles. The quantitative estimate of drug-likeness (QED) is 0.720. The number of pyridine rings is 1. The van der Waals surface area contributed by atoms with Crippen molar-refractivity contribution in [2.24, 2.45) is 5.92 Å². The van der Waals surface area contributed by atoms with Gasteiger partial charge in [0.25, 0.3) is 0 Å². The van der Waals surface area contributed by atoms with Crippen molar-refractivity contribution in [1.29, 1.82) is 0 Å². The maximum absolute atomic E-state index is 12.7. The van der Waals surface area contributed by atoms with E-state index in [0.29, 0.717) is 6.54 Å². The molecule has 1 aromatic carbocycles. The highest BCUT2D eigenvalue weighted by Gasteiger charge is 2.26. The predicted molar refractivity (Wildman–Crippen MR) is 112 cm³/mol. The van der Waals surface area contributed by atoms with E-state index in [-0.39, 0.29) is 11.8 Å². The molecule has 1 unspecified atom stereocenters. The Hall–Kier alpha value is -3.48. The molecule has 3 aromatic rings. The number of carbonyl (C=O) groups is 1. The lowest BCUT2D eigenvalue weighted by atomic mass is 9.97. The van der Waals surface area contributed by atoms with Gasteiger partial charge in [-0.3, -0.25) is 9.78 Å². The van der Waals surface area contributed by atoms with Gasteiger partial charge in [0.15, 0.2) is 5.82 Å². The third kappa shape index (κ3) is 4.51. The first kappa shape index (κ1) is 18.9. The van der Waals surface area contributed by atoms with Crippen molar-refractivity contribution in [2.45, 2.75) is 12.8 Å². The molecule has 0 aliphatic carbocycles. The average molecular weight is 389 g/mol. The van der Waals surface area contributed by atoms with Crippen molar-refractivity contribution in [2.75, 3.05) is 30.4 Å². The smallest absolute Gasteiger partial charge is 0.229 e. The van der Waals surface area contributed by atoms with Crippen LogP contribution in [0.2, 0.25) is 0 Å². The number of carbonyl (C=O) groups excluding carboxylic acids is 1. The number of amides is 1. The number of nitrogens with one attached hydrogen (secondary N) is 1. The lowest BCUT2D eigenvalue weighted by molar-refractivity contribution is -0.120. The fourth-order valence-electron chi connectivity index (χ4n) is 3.49. The molecule has 1 atom stereocenters. The molecule has 7 nitrogen and oxygen atoms in total. The second kappa shape index (κ2) is 8.68. The summed E-state index contributed by atoms with van der Waals surface area (Å²) in [4.78, 5) is 18.9. The molecule has 0 saturated carbocycles. The van der Waals surface area contributed by atoms with E-state index in [1.165, 1.54) is 0 Å². The molecule has 1 N–H and O–H groups in total. The van der Waals surface area contributed by atoms with E-state index in [2.05, 4.69) is 25.4 Å². The van der Waals surface area contributed by atoms with Gasteiger partial charge in [0.2, 0.25) is 5.91 Å². The van der Waals surface area contributed by atoms with Gasteiger partial charge < -0.3 is 15.0 Å². The van der Waals surface area contributed by atoms with Gasteiger partial charge in [-0.1, -0.05) is 0 Å². The Morgan fingerprint density at radius 1 is 1.07 bits per heavy atom.